The van der Waals surface area contributed by atoms with Crippen LogP contribution < -0.4 is 5.32 Å². The van der Waals surface area contributed by atoms with Crippen molar-refractivity contribution in [2.75, 3.05) is 20.3 Å². The summed E-state index contributed by atoms with van der Waals surface area (Å²) in [5.41, 5.74) is -0.882. The van der Waals surface area contributed by atoms with Crippen LogP contribution in [0.25, 0.3) is 0 Å². The van der Waals surface area contributed by atoms with E-state index in [1.807, 2.05) is 0 Å². The lowest BCUT2D eigenvalue weighted by Gasteiger charge is -2.24. The van der Waals surface area contributed by atoms with E-state index in [0.717, 1.165) is 12.8 Å². The van der Waals surface area contributed by atoms with E-state index in [2.05, 4.69) is 10.1 Å². The molecule has 1 aliphatic heterocycles. The number of carbonyl (C=O) groups is 2. The summed E-state index contributed by atoms with van der Waals surface area (Å²) in [6.07, 6.45) is 2.86. The Morgan fingerprint density at radius 2 is 1.94 bits per heavy atom. The molecular weight excluding hydrogens is 210 g/mol. The molecule has 0 aromatic heterocycles. The third kappa shape index (κ3) is 2.04. The van der Waals surface area contributed by atoms with Gasteiger partial charge in [0.2, 0.25) is 5.91 Å². The maximum atomic E-state index is 11.9. The Morgan fingerprint density at radius 1 is 1.31 bits per heavy atom. The summed E-state index contributed by atoms with van der Waals surface area (Å²) in [7, 11) is 1.32. The number of hydrogen-bond acceptors (Lipinski definition) is 4. The molecule has 0 unspecified atom stereocenters. The Kier molecular flexibility index (Phi) is 3.14. The van der Waals surface area contributed by atoms with Gasteiger partial charge in [-0.1, -0.05) is 0 Å². The smallest absolute Gasteiger partial charge is 0.321 e. The van der Waals surface area contributed by atoms with Crippen molar-refractivity contribution in [3.8, 4) is 0 Å². The molecule has 16 heavy (non-hydrogen) atoms. The maximum Gasteiger partial charge on any atom is 0.321 e. The number of methoxy groups -OCH3 is 1. The van der Waals surface area contributed by atoms with Crippen molar-refractivity contribution in [1.82, 2.24) is 5.32 Å². The van der Waals surface area contributed by atoms with Gasteiger partial charge in [-0.15, -0.1) is 0 Å². The Hall–Kier alpha value is -1.10. The molecule has 2 fully saturated rings. The van der Waals surface area contributed by atoms with Gasteiger partial charge in [-0.25, -0.2) is 0 Å². The first kappa shape index (κ1) is 11.4. The molecular formula is C11H17NO4. The van der Waals surface area contributed by atoms with Crippen LogP contribution in [0.3, 0.4) is 0 Å². The van der Waals surface area contributed by atoms with E-state index in [-0.39, 0.29) is 11.9 Å². The number of amides is 1. The van der Waals surface area contributed by atoms with Crippen LogP contribution in [0, 0.1) is 5.41 Å². The van der Waals surface area contributed by atoms with Gasteiger partial charge in [0, 0.05) is 19.3 Å². The zero-order valence-corrected chi connectivity index (χ0v) is 9.45. The van der Waals surface area contributed by atoms with Crippen molar-refractivity contribution >= 4 is 11.9 Å². The lowest BCUT2D eigenvalue weighted by molar-refractivity contribution is -0.152. The number of esters is 1. The number of hydrogen-bond donors (Lipinski definition) is 1. The minimum Gasteiger partial charge on any atom is -0.468 e. The zero-order valence-electron chi connectivity index (χ0n) is 9.45. The van der Waals surface area contributed by atoms with Gasteiger partial charge >= 0.3 is 5.97 Å². The standard InChI is InChI=1S/C11H17NO4/c1-15-10(14)11(4-5-11)9(13)12-8-2-6-16-7-3-8/h8H,2-7H2,1H3,(H,12,13). The highest BCUT2D eigenvalue weighted by Gasteiger charge is 2.58. The first-order chi connectivity index (χ1) is 7.69. The van der Waals surface area contributed by atoms with E-state index in [1.165, 1.54) is 7.11 Å². The number of nitrogens with one attached hydrogen (secondary N) is 1. The van der Waals surface area contributed by atoms with E-state index < -0.39 is 11.4 Å². The van der Waals surface area contributed by atoms with Crippen LogP contribution in [0.15, 0.2) is 0 Å². The number of ether oxygens (including phenoxy) is 2. The second-order valence-electron chi connectivity index (χ2n) is 4.43. The third-order valence-corrected chi connectivity index (χ3v) is 3.32. The molecule has 2 aliphatic rings. The second kappa shape index (κ2) is 4.41. The fourth-order valence-corrected chi connectivity index (χ4v) is 2.01. The minimum atomic E-state index is -0.882. The summed E-state index contributed by atoms with van der Waals surface area (Å²) in [5, 5.41) is 2.92. The summed E-state index contributed by atoms with van der Waals surface area (Å²) in [6.45, 7) is 1.35. The molecule has 1 saturated carbocycles. The molecule has 1 saturated heterocycles. The van der Waals surface area contributed by atoms with Crippen molar-refractivity contribution in [3.05, 3.63) is 0 Å². The first-order valence-electron chi connectivity index (χ1n) is 5.66. The van der Waals surface area contributed by atoms with Gasteiger partial charge in [-0.2, -0.15) is 0 Å². The lowest BCUT2D eigenvalue weighted by Crippen LogP contribution is -2.45. The molecule has 0 radical (unpaired) electrons. The molecule has 0 aromatic carbocycles. The van der Waals surface area contributed by atoms with Gasteiger partial charge in [-0.3, -0.25) is 9.59 Å². The molecule has 5 heteroatoms. The zero-order chi connectivity index (χ0) is 11.6. The molecule has 1 N–H and O–H groups in total. The van der Waals surface area contributed by atoms with Crippen molar-refractivity contribution < 1.29 is 19.1 Å². The fraction of sp³-hybridized carbons (Fsp3) is 0.818. The number of rotatable bonds is 3. The van der Waals surface area contributed by atoms with Crippen molar-refractivity contribution in [2.24, 2.45) is 5.41 Å². The first-order valence-corrected chi connectivity index (χ1v) is 5.66. The average Bonchev–Trinajstić information content (AvgIpc) is 3.10. The van der Waals surface area contributed by atoms with Gasteiger partial charge in [0.1, 0.15) is 5.41 Å². The Balaban J connectivity index is 1.90. The van der Waals surface area contributed by atoms with E-state index in [0.29, 0.717) is 26.1 Å². The SMILES string of the molecule is COC(=O)C1(C(=O)NC2CCOCC2)CC1. The molecule has 0 aromatic rings. The lowest BCUT2D eigenvalue weighted by atomic mass is 10.0. The van der Waals surface area contributed by atoms with Crippen LogP contribution in [0.1, 0.15) is 25.7 Å². The van der Waals surface area contributed by atoms with Crippen LogP contribution in [0.2, 0.25) is 0 Å². The second-order valence-corrected chi connectivity index (χ2v) is 4.43. The van der Waals surface area contributed by atoms with Crippen LogP contribution in [0.4, 0.5) is 0 Å². The van der Waals surface area contributed by atoms with Crippen LogP contribution >= 0.6 is 0 Å². The highest BCUT2D eigenvalue weighted by molar-refractivity contribution is 6.05. The Morgan fingerprint density at radius 3 is 2.44 bits per heavy atom. The summed E-state index contributed by atoms with van der Waals surface area (Å²) in [6, 6.07) is 0.142. The molecule has 0 spiro atoms. The van der Waals surface area contributed by atoms with Crippen molar-refractivity contribution in [2.45, 2.75) is 31.7 Å². The van der Waals surface area contributed by atoms with Crippen molar-refractivity contribution in [1.29, 1.82) is 0 Å². The predicted octanol–water partition coefficient (Wildman–Crippen LogP) is 0.235. The normalized spacial score (nSPS) is 23.6. The van der Waals surface area contributed by atoms with Crippen LogP contribution in [-0.4, -0.2) is 38.2 Å². The maximum absolute atomic E-state index is 11.9. The predicted molar refractivity (Wildman–Crippen MR) is 55.7 cm³/mol. The topological polar surface area (TPSA) is 64.6 Å². The van der Waals surface area contributed by atoms with Gasteiger partial charge in [0.15, 0.2) is 0 Å². The third-order valence-electron chi connectivity index (χ3n) is 3.32. The quantitative estimate of drug-likeness (QED) is 0.554. The average molecular weight is 227 g/mol. The molecule has 1 heterocycles. The van der Waals surface area contributed by atoms with E-state index in [1.54, 1.807) is 0 Å². The van der Waals surface area contributed by atoms with Gasteiger partial charge < -0.3 is 14.8 Å². The van der Waals surface area contributed by atoms with E-state index >= 15 is 0 Å². The highest BCUT2D eigenvalue weighted by Crippen LogP contribution is 2.47. The molecule has 90 valence electrons. The molecule has 0 bridgehead atoms. The molecule has 1 aliphatic carbocycles. The largest absolute Gasteiger partial charge is 0.468 e. The van der Waals surface area contributed by atoms with Crippen LogP contribution in [0.5, 0.6) is 0 Å². The summed E-state index contributed by atoms with van der Waals surface area (Å²) >= 11 is 0. The highest BCUT2D eigenvalue weighted by atomic mass is 16.5. The van der Waals surface area contributed by atoms with Gasteiger partial charge in [0.25, 0.3) is 0 Å². The molecule has 0 atom stereocenters. The fourth-order valence-electron chi connectivity index (χ4n) is 2.01. The molecule has 1 amide bonds. The summed E-state index contributed by atoms with van der Waals surface area (Å²) in [5.74, 6) is -0.580. The molecule has 2 rings (SSSR count). The summed E-state index contributed by atoms with van der Waals surface area (Å²) < 4.78 is 9.87. The minimum absolute atomic E-state index is 0.142. The van der Waals surface area contributed by atoms with Gasteiger partial charge in [-0.05, 0) is 25.7 Å². The van der Waals surface area contributed by atoms with E-state index in [9.17, 15) is 9.59 Å². The Bertz CT molecular complexity index is 292. The van der Waals surface area contributed by atoms with Crippen molar-refractivity contribution in [3.63, 3.8) is 0 Å². The Labute approximate surface area is 94.5 Å². The molecule has 5 nitrogen and oxygen atoms in total. The monoisotopic (exact) mass is 227 g/mol. The van der Waals surface area contributed by atoms with Crippen LogP contribution in [-0.2, 0) is 19.1 Å². The van der Waals surface area contributed by atoms with E-state index in [4.69, 9.17) is 4.74 Å². The number of carbonyl (C=O) groups excluding carboxylic acids is 2. The summed E-state index contributed by atoms with van der Waals surface area (Å²) in [4.78, 5) is 23.4. The van der Waals surface area contributed by atoms with Gasteiger partial charge in [0.05, 0.1) is 7.11 Å².